The maximum Gasteiger partial charge on any atom is 0.245 e. The smallest absolute Gasteiger partial charge is 0.245 e. The molecule has 0 bridgehead atoms. The van der Waals surface area contributed by atoms with E-state index in [0.717, 1.165) is 4.88 Å². The molecule has 0 radical (unpaired) electrons. The number of sulfonamides is 1. The van der Waals surface area contributed by atoms with Crippen molar-refractivity contribution in [1.29, 1.82) is 0 Å². The highest BCUT2D eigenvalue weighted by atomic mass is 35.5. The topological polar surface area (TPSA) is 63.4 Å². The monoisotopic (exact) mass is 330 g/mol. The first-order chi connectivity index (χ1) is 9.45. The van der Waals surface area contributed by atoms with Crippen molar-refractivity contribution < 1.29 is 8.42 Å². The molecular weight excluding hydrogens is 316 g/mol. The number of hydrogen-bond donors (Lipinski definition) is 1. The van der Waals surface area contributed by atoms with Gasteiger partial charge >= 0.3 is 0 Å². The molecule has 0 atom stereocenters. The minimum atomic E-state index is -3.65. The van der Waals surface area contributed by atoms with Crippen molar-refractivity contribution in [3.63, 3.8) is 0 Å². The molecule has 0 aliphatic rings. The predicted octanol–water partition coefficient (Wildman–Crippen LogP) is 3.19. The van der Waals surface area contributed by atoms with E-state index in [1.165, 1.54) is 27.8 Å². The lowest BCUT2D eigenvalue weighted by molar-refractivity contribution is 0.426. The maximum absolute atomic E-state index is 12.7. The number of thiophene rings is 1. The summed E-state index contributed by atoms with van der Waals surface area (Å²) >= 11 is 7.40. The Labute approximate surface area is 127 Å². The first kappa shape index (κ1) is 15.3. The number of hydrogen-bond acceptors (Lipinski definition) is 4. The van der Waals surface area contributed by atoms with Crippen LogP contribution in [0, 0.1) is 0 Å². The summed E-state index contributed by atoms with van der Waals surface area (Å²) in [6, 6.07) is 8.28. The summed E-state index contributed by atoms with van der Waals surface area (Å²) in [6.07, 6.45) is 0. The Morgan fingerprint density at radius 3 is 2.70 bits per heavy atom. The lowest BCUT2D eigenvalue weighted by Crippen LogP contribution is -2.30. The molecule has 2 N–H and O–H groups in total. The number of nitrogens with two attached hydrogens (primary N) is 1. The van der Waals surface area contributed by atoms with Crippen LogP contribution in [0.5, 0.6) is 0 Å². The van der Waals surface area contributed by atoms with Crippen LogP contribution in [0.4, 0.5) is 5.69 Å². The number of rotatable bonds is 5. The molecule has 0 saturated carbocycles. The fraction of sp³-hybridized carbons (Fsp3) is 0.231. The first-order valence-electron chi connectivity index (χ1n) is 6.02. The molecule has 2 rings (SSSR count). The van der Waals surface area contributed by atoms with E-state index in [1.807, 2.05) is 17.5 Å². The zero-order valence-electron chi connectivity index (χ0n) is 10.9. The number of nitrogens with zero attached hydrogens (tertiary/aromatic N) is 1. The summed E-state index contributed by atoms with van der Waals surface area (Å²) in [6.45, 7) is 2.50. The van der Waals surface area contributed by atoms with E-state index in [-0.39, 0.29) is 10.6 Å². The molecule has 1 aromatic carbocycles. The van der Waals surface area contributed by atoms with Crippen molar-refractivity contribution in [2.45, 2.75) is 18.4 Å². The molecule has 20 heavy (non-hydrogen) atoms. The molecule has 0 amide bonds. The third-order valence-corrected chi connectivity index (χ3v) is 5.93. The second-order valence-corrected chi connectivity index (χ2v) is 7.57. The summed E-state index contributed by atoms with van der Waals surface area (Å²) in [5, 5.41) is 2.27. The maximum atomic E-state index is 12.7. The number of halogens is 1. The van der Waals surface area contributed by atoms with Crippen LogP contribution in [0.2, 0.25) is 5.02 Å². The molecule has 0 unspecified atom stereocenters. The quantitative estimate of drug-likeness (QED) is 0.856. The molecule has 0 fully saturated rings. The average molecular weight is 331 g/mol. The van der Waals surface area contributed by atoms with Crippen molar-refractivity contribution in [3.8, 4) is 0 Å². The number of benzene rings is 1. The third-order valence-electron chi connectivity index (χ3n) is 2.86. The predicted molar refractivity (Wildman–Crippen MR) is 83.5 cm³/mol. The number of nitrogen functional groups attached to an aromatic ring is 1. The second-order valence-electron chi connectivity index (χ2n) is 4.19. The number of anilines is 1. The minimum Gasteiger partial charge on any atom is -0.398 e. The van der Waals surface area contributed by atoms with Gasteiger partial charge in [-0.1, -0.05) is 24.6 Å². The van der Waals surface area contributed by atoms with E-state index in [4.69, 9.17) is 17.3 Å². The molecule has 0 spiro atoms. The Morgan fingerprint density at radius 1 is 1.35 bits per heavy atom. The van der Waals surface area contributed by atoms with Gasteiger partial charge in [0.15, 0.2) is 0 Å². The Hall–Kier alpha value is -1.08. The van der Waals surface area contributed by atoms with Crippen molar-refractivity contribution in [2.24, 2.45) is 0 Å². The zero-order valence-corrected chi connectivity index (χ0v) is 13.3. The molecule has 2 aromatic rings. The Bertz CT molecular complexity index is 684. The van der Waals surface area contributed by atoms with Crippen molar-refractivity contribution >= 4 is 38.6 Å². The van der Waals surface area contributed by atoms with Gasteiger partial charge in [-0.2, -0.15) is 4.31 Å². The van der Waals surface area contributed by atoms with Gasteiger partial charge in [-0.25, -0.2) is 8.42 Å². The van der Waals surface area contributed by atoms with Gasteiger partial charge in [0, 0.05) is 23.0 Å². The van der Waals surface area contributed by atoms with E-state index < -0.39 is 10.0 Å². The highest BCUT2D eigenvalue weighted by molar-refractivity contribution is 7.89. The summed E-state index contributed by atoms with van der Waals surface area (Å²) in [5.41, 5.74) is 5.99. The van der Waals surface area contributed by atoms with Crippen molar-refractivity contribution in [2.75, 3.05) is 12.3 Å². The average Bonchev–Trinajstić information content (AvgIpc) is 2.91. The van der Waals surface area contributed by atoms with Gasteiger partial charge in [0.05, 0.1) is 5.69 Å². The highest BCUT2D eigenvalue weighted by Crippen LogP contribution is 2.27. The van der Waals surface area contributed by atoms with E-state index >= 15 is 0 Å². The van der Waals surface area contributed by atoms with E-state index in [1.54, 1.807) is 13.0 Å². The standard InChI is InChI=1S/C13H15ClN2O2S2/c1-2-16(9-11-4-3-7-19-11)20(17,18)13-8-10(14)5-6-12(13)15/h3-8H,2,9,15H2,1H3. The van der Waals surface area contributed by atoms with E-state index in [0.29, 0.717) is 18.1 Å². The van der Waals surface area contributed by atoms with Crippen LogP contribution in [0.1, 0.15) is 11.8 Å². The molecule has 1 heterocycles. The molecule has 1 aromatic heterocycles. The lowest BCUT2D eigenvalue weighted by Gasteiger charge is -2.20. The summed E-state index contributed by atoms with van der Waals surface area (Å²) in [4.78, 5) is 1.04. The molecule has 0 aliphatic carbocycles. The molecule has 108 valence electrons. The van der Waals surface area contributed by atoms with E-state index in [9.17, 15) is 8.42 Å². The second kappa shape index (κ2) is 6.13. The van der Waals surface area contributed by atoms with Crippen molar-refractivity contribution in [1.82, 2.24) is 4.31 Å². The molecule has 0 saturated heterocycles. The van der Waals surface area contributed by atoms with Gasteiger partial charge in [-0.3, -0.25) is 0 Å². The fourth-order valence-electron chi connectivity index (χ4n) is 1.81. The first-order valence-corrected chi connectivity index (χ1v) is 8.72. The molecule has 0 aliphatic heterocycles. The van der Waals surface area contributed by atoms with Gasteiger partial charge in [-0.05, 0) is 29.6 Å². The SMILES string of the molecule is CCN(Cc1cccs1)S(=O)(=O)c1cc(Cl)ccc1N. The lowest BCUT2D eigenvalue weighted by atomic mass is 10.3. The van der Waals surface area contributed by atoms with Crippen LogP contribution in [0.3, 0.4) is 0 Å². The minimum absolute atomic E-state index is 0.0587. The van der Waals surface area contributed by atoms with Gasteiger partial charge in [0.2, 0.25) is 10.0 Å². The Kier molecular flexibility index (Phi) is 4.70. The summed E-state index contributed by atoms with van der Waals surface area (Å²) < 4.78 is 26.7. The van der Waals surface area contributed by atoms with Crippen LogP contribution in [0.15, 0.2) is 40.6 Å². The van der Waals surface area contributed by atoms with Gasteiger partial charge in [0.1, 0.15) is 4.90 Å². The van der Waals surface area contributed by atoms with Crippen LogP contribution < -0.4 is 5.73 Å². The largest absolute Gasteiger partial charge is 0.398 e. The normalized spacial score (nSPS) is 11.9. The molecule has 7 heteroatoms. The molecular formula is C13H15ClN2O2S2. The van der Waals surface area contributed by atoms with Gasteiger partial charge < -0.3 is 5.73 Å². The van der Waals surface area contributed by atoms with Gasteiger partial charge in [-0.15, -0.1) is 11.3 Å². The van der Waals surface area contributed by atoms with Crippen LogP contribution in [0.25, 0.3) is 0 Å². The fourth-order valence-corrected chi connectivity index (χ4v) is 4.42. The van der Waals surface area contributed by atoms with E-state index in [2.05, 4.69) is 0 Å². The highest BCUT2D eigenvalue weighted by Gasteiger charge is 2.26. The Balaban J connectivity index is 2.38. The van der Waals surface area contributed by atoms with Crippen LogP contribution in [-0.2, 0) is 16.6 Å². The third kappa shape index (κ3) is 3.15. The van der Waals surface area contributed by atoms with Crippen LogP contribution in [-0.4, -0.2) is 19.3 Å². The molecule has 4 nitrogen and oxygen atoms in total. The summed E-state index contributed by atoms with van der Waals surface area (Å²) in [5.74, 6) is 0. The van der Waals surface area contributed by atoms with Gasteiger partial charge in [0.25, 0.3) is 0 Å². The zero-order chi connectivity index (χ0) is 14.8. The van der Waals surface area contributed by atoms with Crippen LogP contribution >= 0.6 is 22.9 Å². The summed E-state index contributed by atoms with van der Waals surface area (Å²) in [7, 11) is -3.65. The van der Waals surface area contributed by atoms with Crippen molar-refractivity contribution in [3.05, 3.63) is 45.6 Å². The Morgan fingerprint density at radius 2 is 2.10 bits per heavy atom.